The SMILES string of the molecule is CC(=O)O/N=C1/Sc2ccccc2C1=O. The van der Waals surface area contributed by atoms with Gasteiger partial charge in [-0.05, 0) is 12.1 Å². The molecule has 0 atom stereocenters. The number of oxime groups is 1. The minimum atomic E-state index is -0.535. The normalized spacial score (nSPS) is 16.6. The van der Waals surface area contributed by atoms with E-state index < -0.39 is 5.97 Å². The van der Waals surface area contributed by atoms with Crippen LogP contribution in [0.4, 0.5) is 0 Å². The van der Waals surface area contributed by atoms with Crippen molar-refractivity contribution < 1.29 is 14.4 Å². The highest BCUT2D eigenvalue weighted by Gasteiger charge is 2.27. The molecule has 0 fully saturated rings. The minimum Gasteiger partial charge on any atom is -0.317 e. The van der Waals surface area contributed by atoms with E-state index in [2.05, 4.69) is 9.99 Å². The molecule has 0 unspecified atom stereocenters. The van der Waals surface area contributed by atoms with Gasteiger partial charge in [0.15, 0.2) is 5.04 Å². The Bertz CT molecular complexity index is 467. The molecule has 1 heterocycles. The zero-order valence-electron chi connectivity index (χ0n) is 7.89. The summed E-state index contributed by atoms with van der Waals surface area (Å²) in [5.74, 6) is -0.733. The number of nitrogens with zero attached hydrogens (tertiary/aromatic N) is 1. The van der Waals surface area contributed by atoms with E-state index in [0.29, 0.717) is 5.56 Å². The largest absolute Gasteiger partial charge is 0.332 e. The highest BCUT2D eigenvalue weighted by Crippen LogP contribution is 2.32. The van der Waals surface area contributed by atoms with Crippen LogP contribution in [0.3, 0.4) is 0 Å². The van der Waals surface area contributed by atoms with Crippen molar-refractivity contribution in [1.82, 2.24) is 0 Å². The lowest BCUT2D eigenvalue weighted by molar-refractivity contribution is -0.140. The predicted molar refractivity (Wildman–Crippen MR) is 55.8 cm³/mol. The lowest BCUT2D eigenvalue weighted by Gasteiger charge is -1.91. The second kappa shape index (κ2) is 3.86. The molecule has 1 aliphatic rings. The first-order valence-electron chi connectivity index (χ1n) is 4.25. The van der Waals surface area contributed by atoms with Gasteiger partial charge in [0.2, 0.25) is 5.78 Å². The second-order valence-electron chi connectivity index (χ2n) is 2.91. The Morgan fingerprint density at radius 1 is 1.40 bits per heavy atom. The number of hydrogen-bond acceptors (Lipinski definition) is 5. The monoisotopic (exact) mass is 221 g/mol. The van der Waals surface area contributed by atoms with Gasteiger partial charge in [-0.1, -0.05) is 29.1 Å². The molecular weight excluding hydrogens is 214 g/mol. The van der Waals surface area contributed by atoms with E-state index in [4.69, 9.17) is 0 Å². The Hall–Kier alpha value is -1.62. The number of carbonyl (C=O) groups excluding carboxylic acids is 2. The Balaban J connectivity index is 2.27. The van der Waals surface area contributed by atoms with Crippen molar-refractivity contribution in [2.75, 3.05) is 0 Å². The number of fused-ring (bicyclic) bond motifs is 1. The number of rotatable bonds is 1. The fourth-order valence-corrected chi connectivity index (χ4v) is 2.08. The van der Waals surface area contributed by atoms with Crippen LogP contribution >= 0.6 is 11.8 Å². The summed E-state index contributed by atoms with van der Waals surface area (Å²) in [6.07, 6.45) is 0. The fourth-order valence-electron chi connectivity index (χ4n) is 1.17. The molecule has 76 valence electrons. The van der Waals surface area contributed by atoms with Crippen LogP contribution in [0.25, 0.3) is 0 Å². The first kappa shape index (κ1) is 9.92. The maximum atomic E-state index is 11.7. The zero-order chi connectivity index (χ0) is 10.8. The van der Waals surface area contributed by atoms with E-state index in [0.717, 1.165) is 4.90 Å². The van der Waals surface area contributed by atoms with Crippen molar-refractivity contribution in [3.63, 3.8) is 0 Å². The van der Waals surface area contributed by atoms with Gasteiger partial charge in [0, 0.05) is 17.4 Å². The van der Waals surface area contributed by atoms with E-state index in [1.807, 2.05) is 12.1 Å². The van der Waals surface area contributed by atoms with Gasteiger partial charge in [-0.15, -0.1) is 0 Å². The zero-order valence-corrected chi connectivity index (χ0v) is 8.71. The molecule has 0 aliphatic carbocycles. The number of benzene rings is 1. The first-order valence-corrected chi connectivity index (χ1v) is 5.07. The van der Waals surface area contributed by atoms with Crippen molar-refractivity contribution in [2.45, 2.75) is 11.8 Å². The first-order chi connectivity index (χ1) is 7.18. The number of hydrogen-bond donors (Lipinski definition) is 0. The predicted octanol–water partition coefficient (Wildman–Crippen LogP) is 1.85. The van der Waals surface area contributed by atoms with Gasteiger partial charge in [0.1, 0.15) is 0 Å². The summed E-state index contributed by atoms with van der Waals surface area (Å²) in [6.45, 7) is 1.24. The number of Topliss-reactive ketones (excluding diaryl/α,β-unsaturated/α-hetero) is 1. The quantitative estimate of drug-likeness (QED) is 0.536. The van der Waals surface area contributed by atoms with E-state index in [1.165, 1.54) is 18.7 Å². The molecular formula is C10H7NO3S. The van der Waals surface area contributed by atoms with Gasteiger partial charge in [0.25, 0.3) is 0 Å². The van der Waals surface area contributed by atoms with Crippen LogP contribution in [0.1, 0.15) is 17.3 Å². The van der Waals surface area contributed by atoms with E-state index >= 15 is 0 Å². The molecule has 15 heavy (non-hydrogen) atoms. The van der Waals surface area contributed by atoms with Crippen LogP contribution in [0.2, 0.25) is 0 Å². The van der Waals surface area contributed by atoms with Crippen molar-refractivity contribution >= 4 is 28.6 Å². The van der Waals surface area contributed by atoms with Crippen molar-refractivity contribution in [3.8, 4) is 0 Å². The second-order valence-corrected chi connectivity index (χ2v) is 3.94. The van der Waals surface area contributed by atoms with Crippen molar-refractivity contribution in [3.05, 3.63) is 29.8 Å². The maximum absolute atomic E-state index is 11.7. The van der Waals surface area contributed by atoms with Gasteiger partial charge in [-0.2, -0.15) is 0 Å². The average Bonchev–Trinajstić information content (AvgIpc) is 2.54. The summed E-state index contributed by atoms with van der Waals surface area (Å²) in [5, 5.41) is 3.70. The molecule has 0 amide bonds. The fraction of sp³-hybridized carbons (Fsp3) is 0.100. The minimum absolute atomic E-state index is 0.197. The Labute approximate surface area is 90.3 Å². The molecule has 1 aliphatic heterocycles. The molecule has 0 spiro atoms. The van der Waals surface area contributed by atoms with E-state index in [9.17, 15) is 9.59 Å². The summed E-state index contributed by atoms with van der Waals surface area (Å²) in [4.78, 5) is 27.5. The van der Waals surface area contributed by atoms with Gasteiger partial charge >= 0.3 is 5.97 Å². The number of carbonyl (C=O) groups is 2. The van der Waals surface area contributed by atoms with E-state index in [1.54, 1.807) is 12.1 Å². The Morgan fingerprint density at radius 3 is 2.80 bits per heavy atom. The molecule has 0 saturated heterocycles. The molecule has 0 bridgehead atoms. The molecule has 4 nitrogen and oxygen atoms in total. The molecule has 1 aromatic carbocycles. The lowest BCUT2D eigenvalue weighted by atomic mass is 10.1. The highest BCUT2D eigenvalue weighted by atomic mass is 32.2. The third-order valence-corrected chi connectivity index (χ3v) is 2.82. The summed E-state index contributed by atoms with van der Waals surface area (Å²) in [5.41, 5.74) is 0.605. The molecule has 0 saturated carbocycles. The van der Waals surface area contributed by atoms with Gasteiger partial charge in [-0.3, -0.25) is 4.79 Å². The van der Waals surface area contributed by atoms with Crippen LogP contribution in [0, 0.1) is 0 Å². The highest BCUT2D eigenvalue weighted by molar-refractivity contribution is 8.16. The van der Waals surface area contributed by atoms with Crippen LogP contribution in [-0.2, 0) is 9.63 Å². The third-order valence-electron chi connectivity index (χ3n) is 1.79. The third kappa shape index (κ3) is 1.92. The van der Waals surface area contributed by atoms with Gasteiger partial charge < -0.3 is 4.84 Å². The topological polar surface area (TPSA) is 55.7 Å². The van der Waals surface area contributed by atoms with Crippen LogP contribution in [0.5, 0.6) is 0 Å². The smallest absolute Gasteiger partial charge is 0.317 e. The number of ketones is 1. The molecule has 0 radical (unpaired) electrons. The molecule has 0 N–H and O–H groups in total. The maximum Gasteiger partial charge on any atom is 0.332 e. The van der Waals surface area contributed by atoms with Crippen molar-refractivity contribution in [2.24, 2.45) is 5.16 Å². The van der Waals surface area contributed by atoms with Crippen LogP contribution < -0.4 is 0 Å². The summed E-state index contributed by atoms with van der Waals surface area (Å²) < 4.78 is 0. The molecule has 2 rings (SSSR count). The Kier molecular flexibility index (Phi) is 2.55. The summed E-state index contributed by atoms with van der Waals surface area (Å²) in [6, 6.07) is 7.18. The van der Waals surface area contributed by atoms with Gasteiger partial charge in [0.05, 0.1) is 0 Å². The number of thioether (sulfide) groups is 1. The summed E-state index contributed by atoms with van der Waals surface area (Å²) in [7, 11) is 0. The molecule has 5 heteroatoms. The lowest BCUT2D eigenvalue weighted by Crippen LogP contribution is -2.05. The van der Waals surface area contributed by atoms with Crippen LogP contribution in [0.15, 0.2) is 34.3 Å². The van der Waals surface area contributed by atoms with E-state index in [-0.39, 0.29) is 10.8 Å². The summed E-state index contributed by atoms with van der Waals surface area (Å²) >= 11 is 1.21. The average molecular weight is 221 g/mol. The standard InChI is InChI=1S/C10H7NO3S/c1-6(12)14-11-10-9(13)7-4-2-3-5-8(7)15-10/h2-5H,1H3/b11-10+. The van der Waals surface area contributed by atoms with Crippen LogP contribution in [-0.4, -0.2) is 16.8 Å². The molecule has 1 aromatic rings. The van der Waals surface area contributed by atoms with Crippen molar-refractivity contribution in [1.29, 1.82) is 0 Å². The Morgan fingerprint density at radius 2 is 2.13 bits per heavy atom. The van der Waals surface area contributed by atoms with Gasteiger partial charge in [-0.25, -0.2) is 4.79 Å². The molecule has 0 aromatic heterocycles.